The summed E-state index contributed by atoms with van der Waals surface area (Å²) in [6.45, 7) is 6.21. The molecule has 0 spiro atoms. The molecule has 2 nitrogen and oxygen atoms in total. The SMILES string of the molecule is Cc1ccc(Sc2ccc([C@H](C)N)nc2)cc1C. The number of aromatic nitrogens is 1. The molecule has 2 rings (SSSR count). The summed E-state index contributed by atoms with van der Waals surface area (Å²) in [5.74, 6) is 0. The van der Waals surface area contributed by atoms with E-state index in [1.807, 2.05) is 19.2 Å². The van der Waals surface area contributed by atoms with Gasteiger partial charge in [-0.05, 0) is 56.2 Å². The molecule has 2 N–H and O–H groups in total. The second kappa shape index (κ2) is 5.55. The van der Waals surface area contributed by atoms with Crippen LogP contribution in [0.25, 0.3) is 0 Å². The fourth-order valence-electron chi connectivity index (χ4n) is 1.63. The Labute approximate surface area is 113 Å². The summed E-state index contributed by atoms with van der Waals surface area (Å²) in [5.41, 5.74) is 9.36. The average Bonchev–Trinajstić information content (AvgIpc) is 2.34. The van der Waals surface area contributed by atoms with Crippen molar-refractivity contribution in [3.63, 3.8) is 0 Å². The fraction of sp³-hybridized carbons (Fsp3) is 0.267. The molecule has 1 aromatic heterocycles. The van der Waals surface area contributed by atoms with Gasteiger partial charge in [0.15, 0.2) is 0 Å². The van der Waals surface area contributed by atoms with Gasteiger partial charge in [-0.2, -0.15) is 0 Å². The Morgan fingerprint density at radius 3 is 2.33 bits per heavy atom. The van der Waals surface area contributed by atoms with Gasteiger partial charge in [-0.25, -0.2) is 0 Å². The largest absolute Gasteiger partial charge is 0.323 e. The summed E-state index contributed by atoms with van der Waals surface area (Å²) in [5, 5.41) is 0. The lowest BCUT2D eigenvalue weighted by Gasteiger charge is -2.07. The van der Waals surface area contributed by atoms with Gasteiger partial charge in [0.1, 0.15) is 0 Å². The fourth-order valence-corrected chi connectivity index (χ4v) is 2.52. The number of hydrogen-bond donors (Lipinski definition) is 1. The third-order valence-electron chi connectivity index (χ3n) is 2.94. The number of hydrogen-bond acceptors (Lipinski definition) is 3. The van der Waals surface area contributed by atoms with Crippen molar-refractivity contribution in [1.29, 1.82) is 0 Å². The number of benzene rings is 1. The van der Waals surface area contributed by atoms with E-state index in [1.54, 1.807) is 11.8 Å². The van der Waals surface area contributed by atoms with Crippen LogP contribution >= 0.6 is 11.8 Å². The molecule has 1 atom stereocenters. The lowest BCUT2D eigenvalue weighted by atomic mass is 10.1. The number of rotatable bonds is 3. The van der Waals surface area contributed by atoms with Crippen LogP contribution in [0.3, 0.4) is 0 Å². The molecule has 0 aliphatic carbocycles. The number of nitrogens with two attached hydrogens (primary N) is 1. The van der Waals surface area contributed by atoms with E-state index in [-0.39, 0.29) is 6.04 Å². The molecule has 0 aliphatic rings. The molecule has 0 unspecified atom stereocenters. The zero-order valence-corrected chi connectivity index (χ0v) is 11.8. The molecule has 0 amide bonds. The van der Waals surface area contributed by atoms with Crippen LogP contribution in [0.1, 0.15) is 29.8 Å². The first-order chi connectivity index (χ1) is 8.56. The summed E-state index contributed by atoms with van der Waals surface area (Å²) in [4.78, 5) is 6.75. The van der Waals surface area contributed by atoms with Crippen LogP contribution in [0, 0.1) is 13.8 Å². The molecule has 0 saturated heterocycles. The Bertz CT molecular complexity index is 533. The van der Waals surface area contributed by atoms with Crippen LogP contribution in [-0.4, -0.2) is 4.98 Å². The van der Waals surface area contributed by atoms with Crippen molar-refractivity contribution in [2.75, 3.05) is 0 Å². The summed E-state index contributed by atoms with van der Waals surface area (Å²) >= 11 is 1.73. The molecule has 0 fully saturated rings. The summed E-state index contributed by atoms with van der Waals surface area (Å²) < 4.78 is 0. The van der Waals surface area contributed by atoms with Gasteiger partial charge in [0.25, 0.3) is 0 Å². The van der Waals surface area contributed by atoms with E-state index in [0.717, 1.165) is 10.6 Å². The van der Waals surface area contributed by atoms with E-state index >= 15 is 0 Å². The maximum absolute atomic E-state index is 5.78. The first-order valence-electron chi connectivity index (χ1n) is 6.03. The molecule has 0 aliphatic heterocycles. The molecule has 3 heteroatoms. The Balaban J connectivity index is 2.15. The summed E-state index contributed by atoms with van der Waals surface area (Å²) in [6.07, 6.45) is 1.89. The zero-order chi connectivity index (χ0) is 13.1. The van der Waals surface area contributed by atoms with Crippen molar-refractivity contribution in [3.05, 3.63) is 53.3 Å². The molecule has 94 valence electrons. The molecule has 1 aromatic carbocycles. The van der Waals surface area contributed by atoms with Crippen LogP contribution in [-0.2, 0) is 0 Å². The van der Waals surface area contributed by atoms with Gasteiger partial charge in [0.2, 0.25) is 0 Å². The number of aryl methyl sites for hydroxylation is 2. The summed E-state index contributed by atoms with van der Waals surface area (Å²) in [7, 11) is 0. The molecular weight excluding hydrogens is 240 g/mol. The molecule has 0 bridgehead atoms. The molecule has 1 heterocycles. The van der Waals surface area contributed by atoms with Crippen molar-refractivity contribution in [1.82, 2.24) is 4.98 Å². The van der Waals surface area contributed by atoms with Crippen LogP contribution in [0.4, 0.5) is 0 Å². The number of pyridine rings is 1. The highest BCUT2D eigenvalue weighted by molar-refractivity contribution is 7.99. The van der Waals surface area contributed by atoms with E-state index in [9.17, 15) is 0 Å². The van der Waals surface area contributed by atoms with Gasteiger partial charge in [-0.15, -0.1) is 0 Å². The minimum atomic E-state index is -0.00864. The maximum atomic E-state index is 5.78. The van der Waals surface area contributed by atoms with Gasteiger partial charge in [-0.3, -0.25) is 4.98 Å². The second-order valence-corrected chi connectivity index (χ2v) is 5.70. The predicted molar refractivity (Wildman–Crippen MR) is 76.9 cm³/mol. The van der Waals surface area contributed by atoms with E-state index in [4.69, 9.17) is 5.73 Å². The molecule has 0 radical (unpaired) electrons. The Kier molecular flexibility index (Phi) is 4.04. The lowest BCUT2D eigenvalue weighted by Crippen LogP contribution is -2.06. The minimum absolute atomic E-state index is 0.00864. The highest BCUT2D eigenvalue weighted by Crippen LogP contribution is 2.28. The maximum Gasteiger partial charge on any atom is 0.0569 e. The van der Waals surface area contributed by atoms with Gasteiger partial charge < -0.3 is 5.73 Å². The van der Waals surface area contributed by atoms with Gasteiger partial charge in [0, 0.05) is 22.0 Å². The van der Waals surface area contributed by atoms with Crippen LogP contribution < -0.4 is 5.73 Å². The quantitative estimate of drug-likeness (QED) is 0.908. The zero-order valence-electron chi connectivity index (χ0n) is 11.0. The minimum Gasteiger partial charge on any atom is -0.323 e. The molecular formula is C15H18N2S. The normalized spacial score (nSPS) is 12.4. The highest BCUT2D eigenvalue weighted by atomic mass is 32.2. The standard InChI is InChI=1S/C15H18N2S/c1-10-4-5-13(8-11(10)2)18-14-6-7-15(12(3)16)17-9-14/h4-9,12H,16H2,1-3H3/t12-/m0/s1. The van der Waals surface area contributed by atoms with Crippen molar-refractivity contribution in [3.8, 4) is 0 Å². The van der Waals surface area contributed by atoms with Crippen molar-refractivity contribution in [2.24, 2.45) is 5.73 Å². The van der Waals surface area contributed by atoms with Crippen molar-refractivity contribution < 1.29 is 0 Å². The Hall–Kier alpha value is -1.32. The number of nitrogens with zero attached hydrogens (tertiary/aromatic N) is 1. The van der Waals surface area contributed by atoms with E-state index in [2.05, 4.69) is 43.1 Å². The third kappa shape index (κ3) is 3.12. The summed E-state index contributed by atoms with van der Waals surface area (Å²) in [6, 6.07) is 10.6. The van der Waals surface area contributed by atoms with Crippen LogP contribution in [0.15, 0.2) is 46.3 Å². The van der Waals surface area contributed by atoms with Crippen molar-refractivity contribution >= 4 is 11.8 Å². The lowest BCUT2D eigenvalue weighted by molar-refractivity contribution is 0.777. The van der Waals surface area contributed by atoms with Crippen LogP contribution in [0.5, 0.6) is 0 Å². The van der Waals surface area contributed by atoms with E-state index < -0.39 is 0 Å². The van der Waals surface area contributed by atoms with E-state index in [1.165, 1.54) is 16.0 Å². The highest BCUT2D eigenvalue weighted by Gasteiger charge is 2.03. The Morgan fingerprint density at radius 2 is 1.78 bits per heavy atom. The van der Waals surface area contributed by atoms with E-state index in [0.29, 0.717) is 0 Å². The first kappa shape index (κ1) is 13.1. The van der Waals surface area contributed by atoms with Gasteiger partial charge in [0.05, 0.1) is 5.69 Å². The third-order valence-corrected chi connectivity index (χ3v) is 3.91. The molecule has 2 aromatic rings. The average molecular weight is 258 g/mol. The van der Waals surface area contributed by atoms with Gasteiger partial charge >= 0.3 is 0 Å². The predicted octanol–water partition coefficient (Wildman–Crippen LogP) is 3.87. The van der Waals surface area contributed by atoms with Crippen LogP contribution in [0.2, 0.25) is 0 Å². The molecule has 0 saturated carbocycles. The molecule has 18 heavy (non-hydrogen) atoms. The first-order valence-corrected chi connectivity index (χ1v) is 6.84. The van der Waals surface area contributed by atoms with Crippen molar-refractivity contribution in [2.45, 2.75) is 36.6 Å². The Morgan fingerprint density at radius 1 is 1.06 bits per heavy atom. The topological polar surface area (TPSA) is 38.9 Å². The second-order valence-electron chi connectivity index (χ2n) is 4.56. The van der Waals surface area contributed by atoms with Gasteiger partial charge in [-0.1, -0.05) is 17.8 Å². The monoisotopic (exact) mass is 258 g/mol. The smallest absolute Gasteiger partial charge is 0.0569 e.